The van der Waals surface area contributed by atoms with E-state index in [1.165, 1.54) is 10.6 Å². The molecule has 2 amide bonds. The van der Waals surface area contributed by atoms with Crippen molar-refractivity contribution in [3.8, 4) is 11.5 Å². The molecule has 1 aromatic carbocycles. The Morgan fingerprint density at radius 1 is 1.16 bits per heavy atom. The maximum absolute atomic E-state index is 12.1. The Kier molecular flexibility index (Phi) is 4.42. The lowest BCUT2D eigenvalue weighted by Gasteiger charge is -2.14. The number of aryl methyl sites for hydroxylation is 1. The molecule has 0 unspecified atom stereocenters. The standard InChI is InChI=1S/C17H17N3O5/c1-10(11-5-6-13-14(8-11)25-9-24-13)18-15(21)16(22)19-12-4-3-7-20(2)17(12)23/h3-8,10H,9H2,1-2H3,(H,18,21)(H,19,22)/t10-/m1/s1. The number of aromatic nitrogens is 1. The van der Waals surface area contributed by atoms with Crippen LogP contribution < -0.4 is 25.7 Å². The number of rotatable bonds is 3. The van der Waals surface area contributed by atoms with E-state index in [-0.39, 0.29) is 12.5 Å². The zero-order valence-electron chi connectivity index (χ0n) is 13.7. The Bertz CT molecular complexity index is 890. The van der Waals surface area contributed by atoms with Crippen LogP contribution in [0.2, 0.25) is 0 Å². The zero-order chi connectivity index (χ0) is 18.0. The van der Waals surface area contributed by atoms with Crippen molar-refractivity contribution in [3.05, 3.63) is 52.4 Å². The van der Waals surface area contributed by atoms with Gasteiger partial charge in [0.1, 0.15) is 5.69 Å². The van der Waals surface area contributed by atoms with Gasteiger partial charge in [-0.05, 0) is 36.8 Å². The highest BCUT2D eigenvalue weighted by Gasteiger charge is 2.20. The van der Waals surface area contributed by atoms with E-state index in [9.17, 15) is 14.4 Å². The molecule has 1 atom stereocenters. The SMILES string of the molecule is C[C@@H](NC(=O)C(=O)Nc1cccn(C)c1=O)c1ccc2c(c1)OCO2. The van der Waals surface area contributed by atoms with Gasteiger partial charge >= 0.3 is 11.8 Å². The molecule has 0 bridgehead atoms. The third kappa shape index (κ3) is 3.47. The van der Waals surface area contributed by atoms with Gasteiger partial charge in [-0.3, -0.25) is 14.4 Å². The number of ether oxygens (including phenoxy) is 2. The molecule has 1 aromatic heterocycles. The van der Waals surface area contributed by atoms with Gasteiger partial charge in [0, 0.05) is 13.2 Å². The topological polar surface area (TPSA) is 98.7 Å². The van der Waals surface area contributed by atoms with Gasteiger partial charge in [0.2, 0.25) is 6.79 Å². The van der Waals surface area contributed by atoms with Crippen LogP contribution in [0.3, 0.4) is 0 Å². The Balaban J connectivity index is 1.66. The summed E-state index contributed by atoms with van der Waals surface area (Å²) in [4.78, 5) is 36.0. The lowest BCUT2D eigenvalue weighted by Crippen LogP contribution is -2.38. The first-order valence-corrected chi connectivity index (χ1v) is 7.63. The number of hydrogen-bond acceptors (Lipinski definition) is 5. The lowest BCUT2D eigenvalue weighted by atomic mass is 10.1. The van der Waals surface area contributed by atoms with Gasteiger partial charge in [0.25, 0.3) is 5.56 Å². The number of pyridine rings is 1. The van der Waals surface area contributed by atoms with Crippen LogP contribution in [-0.2, 0) is 16.6 Å². The van der Waals surface area contributed by atoms with Crippen molar-refractivity contribution in [1.29, 1.82) is 0 Å². The second kappa shape index (κ2) is 6.68. The van der Waals surface area contributed by atoms with E-state index < -0.39 is 23.4 Å². The van der Waals surface area contributed by atoms with Gasteiger partial charge in [0.05, 0.1) is 6.04 Å². The number of amides is 2. The van der Waals surface area contributed by atoms with E-state index in [1.807, 2.05) is 0 Å². The molecule has 0 saturated heterocycles. The first-order chi connectivity index (χ1) is 12.0. The molecular weight excluding hydrogens is 326 g/mol. The summed E-state index contributed by atoms with van der Waals surface area (Å²) in [5, 5.41) is 4.91. The number of carbonyl (C=O) groups excluding carboxylic acids is 2. The average molecular weight is 343 g/mol. The van der Waals surface area contributed by atoms with Gasteiger partial charge in [-0.15, -0.1) is 0 Å². The summed E-state index contributed by atoms with van der Waals surface area (Å²) in [6, 6.07) is 7.89. The summed E-state index contributed by atoms with van der Waals surface area (Å²) in [5.41, 5.74) is 0.411. The molecule has 1 aliphatic heterocycles. The monoisotopic (exact) mass is 343 g/mol. The summed E-state index contributed by atoms with van der Waals surface area (Å²) in [6.07, 6.45) is 1.56. The number of carbonyl (C=O) groups is 2. The average Bonchev–Trinajstić information content (AvgIpc) is 3.06. The third-order valence-electron chi connectivity index (χ3n) is 3.82. The highest BCUT2D eigenvalue weighted by molar-refractivity contribution is 6.39. The summed E-state index contributed by atoms with van der Waals surface area (Å²) >= 11 is 0. The van der Waals surface area contributed by atoms with Crippen molar-refractivity contribution >= 4 is 17.5 Å². The van der Waals surface area contributed by atoms with E-state index in [1.54, 1.807) is 44.4 Å². The molecule has 2 heterocycles. The van der Waals surface area contributed by atoms with Crippen molar-refractivity contribution in [1.82, 2.24) is 9.88 Å². The third-order valence-corrected chi connectivity index (χ3v) is 3.82. The van der Waals surface area contributed by atoms with Crippen molar-refractivity contribution < 1.29 is 19.1 Å². The molecule has 130 valence electrons. The maximum atomic E-state index is 12.1. The summed E-state index contributed by atoms with van der Waals surface area (Å²) in [6.45, 7) is 1.90. The van der Waals surface area contributed by atoms with Crippen LogP contribution >= 0.6 is 0 Å². The fourth-order valence-corrected chi connectivity index (χ4v) is 2.40. The van der Waals surface area contributed by atoms with Crippen LogP contribution in [-0.4, -0.2) is 23.2 Å². The molecular formula is C17H17N3O5. The first-order valence-electron chi connectivity index (χ1n) is 7.63. The molecule has 0 radical (unpaired) electrons. The molecule has 0 fully saturated rings. The molecule has 0 spiro atoms. The van der Waals surface area contributed by atoms with Gasteiger partial charge in [-0.1, -0.05) is 6.07 Å². The zero-order valence-corrected chi connectivity index (χ0v) is 13.7. The Morgan fingerprint density at radius 3 is 2.72 bits per heavy atom. The van der Waals surface area contributed by atoms with Crippen LogP contribution in [0.4, 0.5) is 5.69 Å². The van der Waals surface area contributed by atoms with Gasteiger partial charge in [-0.2, -0.15) is 0 Å². The van der Waals surface area contributed by atoms with Crippen LogP contribution in [0.5, 0.6) is 11.5 Å². The molecule has 8 nitrogen and oxygen atoms in total. The number of benzene rings is 1. The van der Waals surface area contributed by atoms with Gasteiger partial charge < -0.3 is 24.7 Å². The predicted octanol–water partition coefficient (Wildman–Crippen LogP) is 0.930. The van der Waals surface area contributed by atoms with Crippen molar-refractivity contribution in [3.63, 3.8) is 0 Å². The maximum Gasteiger partial charge on any atom is 0.313 e. The van der Waals surface area contributed by atoms with Gasteiger partial charge in [0.15, 0.2) is 11.5 Å². The molecule has 3 rings (SSSR count). The van der Waals surface area contributed by atoms with Crippen molar-refractivity contribution in [2.45, 2.75) is 13.0 Å². The highest BCUT2D eigenvalue weighted by Crippen LogP contribution is 2.34. The molecule has 25 heavy (non-hydrogen) atoms. The molecule has 2 aromatic rings. The van der Waals surface area contributed by atoms with E-state index in [2.05, 4.69) is 10.6 Å². The number of nitrogens with one attached hydrogen (secondary N) is 2. The number of hydrogen-bond donors (Lipinski definition) is 2. The summed E-state index contributed by atoms with van der Waals surface area (Å²) < 4.78 is 11.8. The Morgan fingerprint density at radius 2 is 1.92 bits per heavy atom. The highest BCUT2D eigenvalue weighted by atomic mass is 16.7. The summed E-state index contributed by atoms with van der Waals surface area (Å²) in [7, 11) is 1.56. The van der Waals surface area contributed by atoms with E-state index in [4.69, 9.17) is 9.47 Å². The molecule has 0 aliphatic carbocycles. The van der Waals surface area contributed by atoms with Crippen LogP contribution in [0, 0.1) is 0 Å². The summed E-state index contributed by atoms with van der Waals surface area (Å²) in [5.74, 6) is -0.511. The van der Waals surface area contributed by atoms with E-state index >= 15 is 0 Å². The van der Waals surface area contributed by atoms with E-state index in [0.29, 0.717) is 11.5 Å². The minimum Gasteiger partial charge on any atom is -0.454 e. The molecule has 1 aliphatic rings. The molecule has 8 heteroatoms. The number of fused-ring (bicyclic) bond motifs is 1. The minimum absolute atomic E-state index is 0.0425. The fraction of sp³-hybridized carbons (Fsp3) is 0.235. The largest absolute Gasteiger partial charge is 0.454 e. The van der Waals surface area contributed by atoms with Crippen molar-refractivity contribution in [2.24, 2.45) is 7.05 Å². The number of anilines is 1. The smallest absolute Gasteiger partial charge is 0.313 e. The first kappa shape index (κ1) is 16.6. The second-order valence-electron chi connectivity index (χ2n) is 5.60. The number of nitrogens with zero attached hydrogens (tertiary/aromatic N) is 1. The van der Waals surface area contributed by atoms with Crippen LogP contribution in [0.25, 0.3) is 0 Å². The van der Waals surface area contributed by atoms with Crippen molar-refractivity contribution in [2.75, 3.05) is 12.1 Å². The molecule has 0 saturated carbocycles. The molecule has 2 N–H and O–H groups in total. The Hall–Kier alpha value is -3.29. The van der Waals surface area contributed by atoms with Gasteiger partial charge in [-0.25, -0.2) is 0 Å². The minimum atomic E-state index is -0.907. The Labute approximate surface area is 143 Å². The van der Waals surface area contributed by atoms with Crippen LogP contribution in [0.1, 0.15) is 18.5 Å². The predicted molar refractivity (Wildman–Crippen MR) is 89.4 cm³/mol. The quantitative estimate of drug-likeness (QED) is 0.808. The fourth-order valence-electron chi connectivity index (χ4n) is 2.40. The lowest BCUT2D eigenvalue weighted by molar-refractivity contribution is -0.136. The van der Waals surface area contributed by atoms with Crippen LogP contribution in [0.15, 0.2) is 41.3 Å². The van der Waals surface area contributed by atoms with E-state index in [0.717, 1.165) is 5.56 Å². The normalized spacial score (nSPS) is 13.2. The second-order valence-corrected chi connectivity index (χ2v) is 5.60.